The third-order valence-electron chi connectivity index (χ3n) is 4.17. The lowest BCUT2D eigenvalue weighted by Crippen LogP contribution is -2.41. The van der Waals surface area contributed by atoms with Crippen molar-refractivity contribution >= 4 is 22.2 Å². The molecular weight excluding hydrogens is 350 g/mol. The maximum atomic E-state index is 12.2. The molecule has 0 fully saturated rings. The zero-order valence-electron chi connectivity index (χ0n) is 14.6. The highest BCUT2D eigenvalue weighted by Crippen LogP contribution is 2.31. The van der Waals surface area contributed by atoms with Gasteiger partial charge in [-0.25, -0.2) is 0 Å². The van der Waals surface area contributed by atoms with E-state index >= 15 is 0 Å². The van der Waals surface area contributed by atoms with Crippen LogP contribution in [0.25, 0.3) is 0 Å². The number of benzene rings is 1. The first-order valence-electron chi connectivity index (χ1n) is 8.58. The summed E-state index contributed by atoms with van der Waals surface area (Å²) in [6.07, 6.45) is 0.302. The van der Waals surface area contributed by atoms with Crippen molar-refractivity contribution < 1.29 is 14.3 Å². The Bertz CT molecular complexity index is 799. The van der Waals surface area contributed by atoms with Gasteiger partial charge in [-0.1, -0.05) is 19.1 Å². The summed E-state index contributed by atoms with van der Waals surface area (Å²) in [6, 6.07) is 11.4. The Morgan fingerprint density at radius 2 is 2.19 bits per heavy atom. The highest BCUT2D eigenvalue weighted by molar-refractivity contribution is 7.14. The molecule has 0 saturated carbocycles. The van der Waals surface area contributed by atoms with Gasteiger partial charge in [-0.3, -0.25) is 9.69 Å². The van der Waals surface area contributed by atoms with Crippen molar-refractivity contribution in [2.45, 2.75) is 19.4 Å². The molecule has 26 heavy (non-hydrogen) atoms. The van der Waals surface area contributed by atoms with E-state index in [2.05, 4.69) is 23.2 Å². The Morgan fingerprint density at radius 3 is 2.96 bits per heavy atom. The molecule has 1 aliphatic heterocycles. The van der Waals surface area contributed by atoms with E-state index in [4.69, 9.17) is 14.7 Å². The third kappa shape index (κ3) is 4.54. The SMILES string of the molecule is CCN(CCC(=O)Nc1sccc1C#N)C[C@H]1COc2ccccc2O1. The maximum Gasteiger partial charge on any atom is 0.226 e. The van der Waals surface area contributed by atoms with Gasteiger partial charge in [0.1, 0.15) is 23.8 Å². The fourth-order valence-electron chi connectivity index (χ4n) is 2.76. The van der Waals surface area contributed by atoms with E-state index in [0.29, 0.717) is 36.7 Å². The Balaban J connectivity index is 1.48. The molecule has 136 valence electrons. The van der Waals surface area contributed by atoms with Crippen LogP contribution in [0.2, 0.25) is 0 Å². The average Bonchev–Trinajstić information content (AvgIpc) is 3.12. The smallest absolute Gasteiger partial charge is 0.226 e. The standard InChI is InChI=1S/C19H21N3O3S/c1-2-22(9-7-18(23)21-19-14(11-20)8-10-26-19)12-15-13-24-16-5-3-4-6-17(16)25-15/h3-6,8,10,15H,2,7,9,12-13H2,1H3,(H,21,23)/t15-/m0/s1. The zero-order valence-corrected chi connectivity index (χ0v) is 15.4. The summed E-state index contributed by atoms with van der Waals surface area (Å²) in [4.78, 5) is 14.3. The van der Waals surface area contributed by atoms with Crippen LogP contribution >= 0.6 is 11.3 Å². The molecule has 0 spiro atoms. The van der Waals surface area contributed by atoms with Gasteiger partial charge in [0, 0.05) is 19.5 Å². The van der Waals surface area contributed by atoms with Crippen molar-refractivity contribution in [2.75, 3.05) is 31.6 Å². The number of thiophene rings is 1. The first-order valence-corrected chi connectivity index (χ1v) is 9.46. The Morgan fingerprint density at radius 1 is 1.38 bits per heavy atom. The molecule has 0 radical (unpaired) electrons. The first kappa shape index (κ1) is 18.2. The van der Waals surface area contributed by atoms with Gasteiger partial charge in [0.05, 0.1) is 5.56 Å². The molecule has 0 unspecified atom stereocenters. The second-order valence-electron chi connectivity index (χ2n) is 5.96. The predicted molar refractivity (Wildman–Crippen MR) is 101 cm³/mol. The highest BCUT2D eigenvalue weighted by Gasteiger charge is 2.23. The average molecular weight is 371 g/mol. The van der Waals surface area contributed by atoms with Gasteiger partial charge >= 0.3 is 0 Å². The molecule has 3 rings (SSSR count). The van der Waals surface area contributed by atoms with Crippen molar-refractivity contribution in [2.24, 2.45) is 0 Å². The molecule has 0 aliphatic carbocycles. The lowest BCUT2D eigenvalue weighted by Gasteiger charge is -2.30. The fourth-order valence-corrected chi connectivity index (χ4v) is 3.52. The molecule has 6 nitrogen and oxygen atoms in total. The van der Waals surface area contributed by atoms with Gasteiger partial charge in [-0.2, -0.15) is 5.26 Å². The van der Waals surface area contributed by atoms with Gasteiger partial charge in [-0.05, 0) is 30.1 Å². The summed E-state index contributed by atoms with van der Waals surface area (Å²) < 4.78 is 11.7. The second-order valence-corrected chi connectivity index (χ2v) is 6.88. The summed E-state index contributed by atoms with van der Waals surface area (Å²) in [6.45, 7) is 4.69. The summed E-state index contributed by atoms with van der Waals surface area (Å²) in [5.74, 6) is 1.45. The van der Waals surface area contributed by atoms with Gasteiger partial charge in [0.15, 0.2) is 11.5 Å². The minimum absolute atomic E-state index is 0.0598. The van der Waals surface area contributed by atoms with Crippen LogP contribution in [0.4, 0.5) is 5.00 Å². The largest absolute Gasteiger partial charge is 0.486 e. The number of hydrogen-bond donors (Lipinski definition) is 1. The quantitative estimate of drug-likeness (QED) is 0.809. The lowest BCUT2D eigenvalue weighted by molar-refractivity contribution is -0.116. The van der Waals surface area contributed by atoms with E-state index in [9.17, 15) is 4.79 Å². The number of likely N-dealkylation sites (N-methyl/N-ethyl adjacent to an activating group) is 1. The van der Waals surface area contributed by atoms with Crippen LogP contribution in [-0.2, 0) is 4.79 Å². The van der Waals surface area contributed by atoms with Crippen LogP contribution in [0.15, 0.2) is 35.7 Å². The molecule has 7 heteroatoms. The molecule has 2 aromatic rings. The number of rotatable bonds is 7. The van der Waals surface area contributed by atoms with Gasteiger partial charge in [0.2, 0.25) is 5.91 Å². The number of fused-ring (bicyclic) bond motifs is 1. The third-order valence-corrected chi connectivity index (χ3v) is 5.00. The van der Waals surface area contributed by atoms with Gasteiger partial charge in [-0.15, -0.1) is 11.3 Å². The zero-order chi connectivity index (χ0) is 18.4. The number of amides is 1. The number of anilines is 1. The van der Waals surface area contributed by atoms with Crippen molar-refractivity contribution in [3.8, 4) is 17.6 Å². The van der Waals surface area contributed by atoms with Crippen LogP contribution in [0, 0.1) is 11.3 Å². The van der Waals surface area contributed by atoms with E-state index in [1.807, 2.05) is 24.3 Å². The number of nitrogens with zero attached hydrogens (tertiary/aromatic N) is 2. The molecule has 1 atom stereocenters. The first-order chi connectivity index (χ1) is 12.7. The van der Waals surface area contributed by atoms with Crippen LogP contribution in [0.3, 0.4) is 0 Å². The van der Waals surface area contributed by atoms with E-state index in [-0.39, 0.29) is 12.0 Å². The van der Waals surface area contributed by atoms with Crippen LogP contribution in [0.1, 0.15) is 18.9 Å². The lowest BCUT2D eigenvalue weighted by atomic mass is 10.2. The monoisotopic (exact) mass is 371 g/mol. The Labute approximate surface area is 156 Å². The second kappa shape index (κ2) is 8.70. The summed E-state index contributed by atoms with van der Waals surface area (Å²) >= 11 is 1.36. The molecule has 1 aliphatic rings. The van der Waals surface area contributed by atoms with Crippen molar-refractivity contribution in [3.05, 3.63) is 41.3 Å². The summed E-state index contributed by atoms with van der Waals surface area (Å²) in [7, 11) is 0. The molecular formula is C19H21N3O3S. The number of carbonyl (C=O) groups is 1. The van der Waals surface area contributed by atoms with E-state index in [1.165, 1.54) is 11.3 Å². The number of hydrogen-bond acceptors (Lipinski definition) is 6. The fraction of sp³-hybridized carbons (Fsp3) is 0.368. The van der Waals surface area contributed by atoms with E-state index < -0.39 is 0 Å². The van der Waals surface area contributed by atoms with Gasteiger partial charge < -0.3 is 14.8 Å². The van der Waals surface area contributed by atoms with E-state index in [0.717, 1.165) is 18.0 Å². The molecule has 1 aromatic heterocycles. The predicted octanol–water partition coefficient (Wildman–Crippen LogP) is 3.11. The maximum absolute atomic E-state index is 12.2. The molecule has 2 heterocycles. The van der Waals surface area contributed by atoms with Gasteiger partial charge in [0.25, 0.3) is 0 Å². The highest BCUT2D eigenvalue weighted by atomic mass is 32.1. The van der Waals surface area contributed by atoms with E-state index in [1.54, 1.807) is 11.4 Å². The number of para-hydroxylation sites is 2. The molecule has 1 aromatic carbocycles. The molecule has 1 N–H and O–H groups in total. The van der Waals surface area contributed by atoms with Crippen molar-refractivity contribution in [1.29, 1.82) is 5.26 Å². The summed E-state index contributed by atoms with van der Waals surface area (Å²) in [5, 5.41) is 14.2. The van der Waals surface area contributed by atoms with Crippen LogP contribution < -0.4 is 14.8 Å². The number of nitriles is 1. The molecule has 0 saturated heterocycles. The minimum atomic E-state index is -0.0893. The normalized spacial score (nSPS) is 15.5. The topological polar surface area (TPSA) is 74.6 Å². The minimum Gasteiger partial charge on any atom is -0.486 e. The van der Waals surface area contributed by atoms with Crippen LogP contribution in [-0.4, -0.2) is 43.2 Å². The number of carbonyl (C=O) groups excluding carboxylic acids is 1. The summed E-state index contributed by atoms with van der Waals surface area (Å²) in [5.41, 5.74) is 0.502. The van der Waals surface area contributed by atoms with Crippen molar-refractivity contribution in [1.82, 2.24) is 4.90 Å². The Kier molecular flexibility index (Phi) is 6.10. The number of ether oxygens (including phenoxy) is 2. The Hall–Kier alpha value is -2.56. The van der Waals surface area contributed by atoms with Crippen LogP contribution in [0.5, 0.6) is 11.5 Å². The number of nitrogens with one attached hydrogen (secondary N) is 1. The molecule has 0 bridgehead atoms. The molecule has 1 amide bonds. The van der Waals surface area contributed by atoms with Crippen molar-refractivity contribution in [3.63, 3.8) is 0 Å².